The van der Waals surface area contributed by atoms with Gasteiger partial charge in [-0.25, -0.2) is 0 Å². The Morgan fingerprint density at radius 3 is 2.33 bits per heavy atom. The van der Waals surface area contributed by atoms with Crippen LogP contribution in [0.15, 0.2) is 11.6 Å². The van der Waals surface area contributed by atoms with Crippen LogP contribution in [0.25, 0.3) is 0 Å². The molecule has 0 aliphatic heterocycles. The van der Waals surface area contributed by atoms with Crippen LogP contribution in [0.5, 0.6) is 0 Å². The molecule has 0 saturated heterocycles. The van der Waals surface area contributed by atoms with Gasteiger partial charge in [0.15, 0.2) is 0 Å². The van der Waals surface area contributed by atoms with Crippen LogP contribution in [0.3, 0.4) is 0 Å². The summed E-state index contributed by atoms with van der Waals surface area (Å²) in [4.78, 5) is 0. The monoisotopic (exact) mass is 220 g/mol. The average Bonchev–Trinajstić information content (AvgIpc) is 2.15. The smallest absolute Gasteiger partial charge is 0.126 e. The van der Waals surface area contributed by atoms with Crippen LogP contribution in [-0.2, 0) is 0 Å². The molecule has 0 N–H and O–H groups in total. The molecule has 0 heterocycles. The topological polar surface area (TPSA) is 0 Å². The highest BCUT2D eigenvalue weighted by atomic mass is 28.3. The Kier molecular flexibility index (Phi) is 3.84. The highest BCUT2D eigenvalue weighted by molar-refractivity contribution is 6.87. The van der Waals surface area contributed by atoms with Crippen LogP contribution in [0, 0.1) is 11.5 Å². The molecule has 1 aliphatic rings. The maximum atomic E-state index is 3.59. The second kappa shape index (κ2) is 4.57. The van der Waals surface area contributed by atoms with Crippen molar-refractivity contribution in [1.82, 2.24) is 0 Å². The minimum atomic E-state index is -1.39. The Morgan fingerprint density at radius 2 is 1.87 bits per heavy atom. The molecule has 1 aliphatic carbocycles. The fourth-order valence-electron chi connectivity index (χ4n) is 1.38. The van der Waals surface area contributed by atoms with Crippen molar-refractivity contribution in [2.75, 3.05) is 0 Å². The van der Waals surface area contributed by atoms with Crippen molar-refractivity contribution in [3.8, 4) is 11.5 Å². The Bertz CT molecular complexity index is 304. The Labute approximate surface area is 96.2 Å². The molecule has 0 nitrogen and oxygen atoms in total. The van der Waals surface area contributed by atoms with Crippen molar-refractivity contribution >= 4 is 8.07 Å². The fourth-order valence-corrected chi connectivity index (χ4v) is 2.22. The van der Waals surface area contributed by atoms with Crippen LogP contribution in [0.2, 0.25) is 18.1 Å². The highest BCUT2D eigenvalue weighted by Gasteiger charge is 2.33. The van der Waals surface area contributed by atoms with Crippen LogP contribution < -0.4 is 0 Å². The van der Waals surface area contributed by atoms with Gasteiger partial charge in [0.05, 0.1) is 0 Å². The Morgan fingerprint density at radius 1 is 1.20 bits per heavy atom. The zero-order chi connectivity index (χ0) is 11.5. The summed E-state index contributed by atoms with van der Waals surface area (Å²) in [5.41, 5.74) is 4.98. The molecule has 0 saturated carbocycles. The summed E-state index contributed by atoms with van der Waals surface area (Å²) in [6, 6.07) is 0. The summed E-state index contributed by atoms with van der Waals surface area (Å²) in [7, 11) is -1.39. The zero-order valence-electron chi connectivity index (χ0n) is 10.9. The molecule has 0 bridgehead atoms. The second-order valence-corrected chi connectivity index (χ2v) is 11.1. The van der Waals surface area contributed by atoms with E-state index in [1.54, 1.807) is 0 Å². The summed E-state index contributed by atoms with van der Waals surface area (Å²) in [6.07, 6.45) is 7.47. The largest absolute Gasteiger partial charge is 0.138 e. The first kappa shape index (κ1) is 12.6. The van der Waals surface area contributed by atoms with E-state index >= 15 is 0 Å². The van der Waals surface area contributed by atoms with Gasteiger partial charge in [-0.3, -0.25) is 0 Å². The predicted octanol–water partition coefficient (Wildman–Crippen LogP) is 4.54. The number of hydrogen-bond acceptors (Lipinski definition) is 0. The quantitative estimate of drug-likeness (QED) is 0.415. The molecular weight excluding hydrogens is 196 g/mol. The van der Waals surface area contributed by atoms with E-state index in [2.05, 4.69) is 51.4 Å². The summed E-state index contributed by atoms with van der Waals surface area (Å²) >= 11 is 0. The SMILES string of the molecule is CC(C)(C)[Si](C)(C)C#CC1=CCCCC1. The number of allylic oxidation sites excluding steroid dienone is 2. The first-order chi connectivity index (χ1) is 6.83. The van der Waals surface area contributed by atoms with Gasteiger partial charge in [0, 0.05) is 0 Å². The van der Waals surface area contributed by atoms with Crippen LogP contribution in [-0.4, -0.2) is 8.07 Å². The van der Waals surface area contributed by atoms with E-state index in [1.807, 2.05) is 0 Å². The maximum Gasteiger partial charge on any atom is 0.138 e. The van der Waals surface area contributed by atoms with Crippen molar-refractivity contribution in [1.29, 1.82) is 0 Å². The third-order valence-electron chi connectivity index (χ3n) is 3.70. The minimum Gasteiger partial charge on any atom is -0.126 e. The minimum absolute atomic E-state index is 0.384. The van der Waals surface area contributed by atoms with Crippen molar-refractivity contribution < 1.29 is 0 Å². The van der Waals surface area contributed by atoms with Crippen molar-refractivity contribution in [3.05, 3.63) is 11.6 Å². The van der Waals surface area contributed by atoms with Crippen molar-refractivity contribution in [2.24, 2.45) is 0 Å². The molecular formula is C14H24Si. The first-order valence-electron chi connectivity index (χ1n) is 6.05. The zero-order valence-corrected chi connectivity index (χ0v) is 11.9. The molecule has 0 unspecified atom stereocenters. The first-order valence-corrected chi connectivity index (χ1v) is 9.05. The van der Waals surface area contributed by atoms with Crippen LogP contribution in [0.4, 0.5) is 0 Å². The van der Waals surface area contributed by atoms with E-state index in [4.69, 9.17) is 0 Å². The van der Waals surface area contributed by atoms with E-state index in [0.717, 1.165) is 0 Å². The van der Waals surface area contributed by atoms with E-state index in [1.165, 1.54) is 31.3 Å². The van der Waals surface area contributed by atoms with E-state index < -0.39 is 8.07 Å². The molecule has 0 atom stereocenters. The van der Waals surface area contributed by atoms with Gasteiger partial charge >= 0.3 is 0 Å². The standard InChI is InChI=1S/C14H24Si/c1-14(2,3)15(4,5)12-11-13-9-7-6-8-10-13/h9H,6-8,10H2,1-5H3. The van der Waals surface area contributed by atoms with E-state index in [9.17, 15) is 0 Å². The molecule has 1 rings (SSSR count). The summed E-state index contributed by atoms with van der Waals surface area (Å²) in [6.45, 7) is 11.7. The summed E-state index contributed by atoms with van der Waals surface area (Å²) in [5, 5.41) is 0.384. The molecule has 0 aromatic rings. The fraction of sp³-hybridized carbons (Fsp3) is 0.714. The maximum absolute atomic E-state index is 3.59. The highest BCUT2D eigenvalue weighted by Crippen LogP contribution is 2.35. The summed E-state index contributed by atoms with van der Waals surface area (Å²) in [5.74, 6) is 3.44. The number of hydrogen-bond donors (Lipinski definition) is 0. The van der Waals surface area contributed by atoms with Crippen molar-refractivity contribution in [2.45, 2.75) is 64.6 Å². The van der Waals surface area contributed by atoms with Gasteiger partial charge in [0.2, 0.25) is 0 Å². The normalized spacial score (nSPS) is 17.8. The predicted molar refractivity (Wildman–Crippen MR) is 71.5 cm³/mol. The molecule has 1 heteroatoms. The molecule has 0 aromatic carbocycles. The third-order valence-corrected chi connectivity index (χ3v) is 8.20. The lowest BCUT2D eigenvalue weighted by molar-refractivity contribution is 0.715. The average molecular weight is 220 g/mol. The molecule has 0 aromatic heterocycles. The van der Waals surface area contributed by atoms with Crippen LogP contribution >= 0.6 is 0 Å². The summed E-state index contributed by atoms with van der Waals surface area (Å²) < 4.78 is 0. The van der Waals surface area contributed by atoms with Gasteiger partial charge in [-0.2, -0.15) is 0 Å². The molecule has 0 spiro atoms. The molecule has 0 radical (unpaired) electrons. The number of rotatable bonds is 0. The third kappa shape index (κ3) is 3.54. The van der Waals surface area contributed by atoms with Crippen molar-refractivity contribution in [3.63, 3.8) is 0 Å². The lowest BCUT2D eigenvalue weighted by Crippen LogP contribution is -2.35. The molecule has 0 fully saturated rings. The Balaban J connectivity index is 2.76. The van der Waals surface area contributed by atoms with Gasteiger partial charge in [-0.05, 0) is 36.3 Å². The van der Waals surface area contributed by atoms with E-state index in [0.29, 0.717) is 5.04 Å². The lowest BCUT2D eigenvalue weighted by Gasteiger charge is -2.31. The van der Waals surface area contributed by atoms with Gasteiger partial charge < -0.3 is 0 Å². The Hall–Kier alpha value is -0.483. The van der Waals surface area contributed by atoms with E-state index in [-0.39, 0.29) is 0 Å². The van der Waals surface area contributed by atoms with Gasteiger partial charge in [0.25, 0.3) is 0 Å². The van der Waals surface area contributed by atoms with Gasteiger partial charge in [-0.15, -0.1) is 5.54 Å². The second-order valence-electron chi connectivity index (χ2n) is 6.10. The van der Waals surface area contributed by atoms with Gasteiger partial charge in [0.1, 0.15) is 8.07 Å². The lowest BCUT2D eigenvalue weighted by atomic mass is 10.0. The molecule has 84 valence electrons. The molecule has 15 heavy (non-hydrogen) atoms. The van der Waals surface area contributed by atoms with Crippen LogP contribution in [0.1, 0.15) is 46.5 Å². The van der Waals surface area contributed by atoms with Gasteiger partial charge in [-0.1, -0.05) is 45.9 Å². The molecule has 0 amide bonds.